The monoisotopic (exact) mass is 209 g/mol. The summed E-state index contributed by atoms with van der Waals surface area (Å²) in [6, 6.07) is 0. The summed E-state index contributed by atoms with van der Waals surface area (Å²) in [6.07, 6.45) is 8.17. The third-order valence-corrected chi connectivity index (χ3v) is 3.47. The third kappa shape index (κ3) is 2.40. The number of likely N-dealkylation sites (tertiary alicyclic amines) is 1. The summed E-state index contributed by atoms with van der Waals surface area (Å²) < 4.78 is 0. The van der Waals surface area contributed by atoms with Crippen LogP contribution in [0, 0.1) is 11.8 Å². The highest BCUT2D eigenvalue weighted by atomic mass is 16.3. The fraction of sp³-hybridized carbons (Fsp3) is 0.750. The van der Waals surface area contributed by atoms with Crippen molar-refractivity contribution < 1.29 is 9.90 Å². The highest BCUT2D eigenvalue weighted by Crippen LogP contribution is 2.24. The smallest absolute Gasteiger partial charge is 0.226 e. The molecule has 3 heteroatoms. The normalized spacial score (nSPS) is 30.9. The SMILES string of the molecule is O=C([C@@H]1CC=CCC1)N1CC[C@@H](CO)C1. The van der Waals surface area contributed by atoms with E-state index in [4.69, 9.17) is 5.11 Å². The fourth-order valence-corrected chi connectivity index (χ4v) is 2.46. The summed E-state index contributed by atoms with van der Waals surface area (Å²) in [4.78, 5) is 14.0. The molecule has 0 spiro atoms. The number of aliphatic hydroxyl groups excluding tert-OH is 1. The van der Waals surface area contributed by atoms with E-state index in [-0.39, 0.29) is 12.5 Å². The fourth-order valence-electron chi connectivity index (χ4n) is 2.46. The summed E-state index contributed by atoms with van der Waals surface area (Å²) in [5.41, 5.74) is 0. The Morgan fingerprint density at radius 2 is 2.27 bits per heavy atom. The maximum absolute atomic E-state index is 12.1. The molecule has 2 atom stereocenters. The minimum Gasteiger partial charge on any atom is -0.396 e. The second kappa shape index (κ2) is 4.79. The lowest BCUT2D eigenvalue weighted by Gasteiger charge is -2.24. The van der Waals surface area contributed by atoms with Crippen molar-refractivity contribution in [1.82, 2.24) is 4.90 Å². The third-order valence-electron chi connectivity index (χ3n) is 3.47. The number of hydrogen-bond acceptors (Lipinski definition) is 2. The molecule has 1 amide bonds. The standard InChI is InChI=1S/C12H19NO2/c14-9-10-6-7-13(8-10)12(15)11-4-2-1-3-5-11/h1-2,10-11,14H,3-9H2/t10-,11-/m1/s1. The van der Waals surface area contributed by atoms with Crippen molar-refractivity contribution in [3.05, 3.63) is 12.2 Å². The number of carbonyl (C=O) groups excluding carboxylic acids is 1. The van der Waals surface area contributed by atoms with E-state index in [2.05, 4.69) is 12.2 Å². The van der Waals surface area contributed by atoms with Crippen molar-refractivity contribution in [3.63, 3.8) is 0 Å². The molecule has 0 aromatic heterocycles. The van der Waals surface area contributed by atoms with E-state index in [1.165, 1.54) is 0 Å². The van der Waals surface area contributed by atoms with Gasteiger partial charge in [-0.2, -0.15) is 0 Å². The molecule has 84 valence electrons. The van der Waals surface area contributed by atoms with Crippen LogP contribution in [0.2, 0.25) is 0 Å². The molecule has 0 saturated carbocycles. The van der Waals surface area contributed by atoms with Crippen LogP contribution in [0.3, 0.4) is 0 Å². The zero-order valence-corrected chi connectivity index (χ0v) is 9.06. The molecule has 0 unspecified atom stereocenters. The second-order valence-corrected chi connectivity index (χ2v) is 4.60. The van der Waals surface area contributed by atoms with E-state index < -0.39 is 0 Å². The van der Waals surface area contributed by atoms with Gasteiger partial charge >= 0.3 is 0 Å². The molecule has 3 nitrogen and oxygen atoms in total. The van der Waals surface area contributed by atoms with Gasteiger partial charge in [-0.15, -0.1) is 0 Å². The van der Waals surface area contributed by atoms with E-state index in [1.807, 2.05) is 4.90 Å². The predicted molar refractivity (Wildman–Crippen MR) is 58.3 cm³/mol. The predicted octanol–water partition coefficient (Wildman–Crippen LogP) is 1.18. The average Bonchev–Trinajstić information content (AvgIpc) is 2.78. The van der Waals surface area contributed by atoms with E-state index in [0.717, 1.165) is 38.8 Å². The Kier molecular flexibility index (Phi) is 3.41. The molecular weight excluding hydrogens is 190 g/mol. The van der Waals surface area contributed by atoms with Crippen LogP contribution in [0.25, 0.3) is 0 Å². The van der Waals surface area contributed by atoms with Crippen molar-refractivity contribution in [2.75, 3.05) is 19.7 Å². The number of nitrogens with zero attached hydrogens (tertiary/aromatic N) is 1. The van der Waals surface area contributed by atoms with Gasteiger partial charge in [-0.25, -0.2) is 0 Å². The zero-order chi connectivity index (χ0) is 10.7. The van der Waals surface area contributed by atoms with Gasteiger partial charge in [0, 0.05) is 31.5 Å². The first kappa shape index (κ1) is 10.7. The summed E-state index contributed by atoms with van der Waals surface area (Å²) in [7, 11) is 0. The number of carbonyl (C=O) groups is 1. The largest absolute Gasteiger partial charge is 0.396 e. The van der Waals surface area contributed by atoms with Crippen molar-refractivity contribution in [2.24, 2.45) is 11.8 Å². The Balaban J connectivity index is 1.88. The van der Waals surface area contributed by atoms with Crippen LogP contribution in [-0.2, 0) is 4.79 Å². The average molecular weight is 209 g/mol. The van der Waals surface area contributed by atoms with Crippen molar-refractivity contribution in [2.45, 2.75) is 25.7 Å². The van der Waals surface area contributed by atoms with Crippen molar-refractivity contribution in [3.8, 4) is 0 Å². The van der Waals surface area contributed by atoms with Crippen LogP contribution < -0.4 is 0 Å². The lowest BCUT2D eigenvalue weighted by atomic mass is 9.93. The number of aliphatic hydroxyl groups is 1. The Morgan fingerprint density at radius 1 is 1.40 bits per heavy atom. The van der Waals surface area contributed by atoms with Gasteiger partial charge < -0.3 is 10.0 Å². The van der Waals surface area contributed by atoms with Gasteiger partial charge in [0.2, 0.25) is 5.91 Å². The highest BCUT2D eigenvalue weighted by Gasteiger charge is 2.30. The number of amides is 1. The van der Waals surface area contributed by atoms with Gasteiger partial charge in [0.15, 0.2) is 0 Å². The molecule has 1 aliphatic carbocycles. The van der Waals surface area contributed by atoms with E-state index >= 15 is 0 Å². The molecular formula is C12H19NO2. The Hall–Kier alpha value is -0.830. The topological polar surface area (TPSA) is 40.5 Å². The quantitative estimate of drug-likeness (QED) is 0.694. The first-order valence-electron chi connectivity index (χ1n) is 5.86. The Labute approximate surface area is 90.8 Å². The molecule has 1 fully saturated rings. The van der Waals surface area contributed by atoms with Crippen LogP contribution in [0.5, 0.6) is 0 Å². The molecule has 2 rings (SSSR count). The maximum Gasteiger partial charge on any atom is 0.226 e. The van der Waals surface area contributed by atoms with Crippen LogP contribution in [0.15, 0.2) is 12.2 Å². The van der Waals surface area contributed by atoms with E-state index in [9.17, 15) is 4.79 Å². The zero-order valence-electron chi connectivity index (χ0n) is 9.06. The van der Waals surface area contributed by atoms with Gasteiger partial charge in [-0.3, -0.25) is 4.79 Å². The van der Waals surface area contributed by atoms with Crippen molar-refractivity contribution in [1.29, 1.82) is 0 Å². The van der Waals surface area contributed by atoms with E-state index in [0.29, 0.717) is 11.8 Å². The molecule has 0 aromatic rings. The molecule has 2 aliphatic rings. The lowest BCUT2D eigenvalue weighted by Crippen LogP contribution is -2.35. The van der Waals surface area contributed by atoms with Gasteiger partial charge in [-0.05, 0) is 25.7 Å². The number of rotatable bonds is 2. The highest BCUT2D eigenvalue weighted by molar-refractivity contribution is 5.79. The molecule has 1 aliphatic heterocycles. The first-order chi connectivity index (χ1) is 7.31. The summed E-state index contributed by atoms with van der Waals surface area (Å²) in [6.45, 7) is 1.81. The minimum absolute atomic E-state index is 0.201. The molecule has 1 N–H and O–H groups in total. The van der Waals surface area contributed by atoms with E-state index in [1.54, 1.807) is 0 Å². The molecule has 0 aromatic carbocycles. The molecule has 1 saturated heterocycles. The van der Waals surface area contributed by atoms with Gasteiger partial charge in [0.25, 0.3) is 0 Å². The lowest BCUT2D eigenvalue weighted by molar-refractivity contribution is -0.134. The summed E-state index contributed by atoms with van der Waals surface area (Å²) in [5, 5.41) is 9.03. The maximum atomic E-state index is 12.1. The molecule has 0 bridgehead atoms. The Morgan fingerprint density at radius 3 is 2.87 bits per heavy atom. The molecule has 0 radical (unpaired) electrons. The van der Waals surface area contributed by atoms with Gasteiger partial charge in [0.05, 0.1) is 0 Å². The molecule has 1 heterocycles. The van der Waals surface area contributed by atoms with Crippen LogP contribution in [0.1, 0.15) is 25.7 Å². The second-order valence-electron chi connectivity index (χ2n) is 4.60. The van der Waals surface area contributed by atoms with Gasteiger partial charge in [0.1, 0.15) is 0 Å². The van der Waals surface area contributed by atoms with Crippen LogP contribution >= 0.6 is 0 Å². The number of allylic oxidation sites excluding steroid dienone is 2. The Bertz CT molecular complexity index is 262. The first-order valence-corrected chi connectivity index (χ1v) is 5.86. The minimum atomic E-state index is 0.201. The van der Waals surface area contributed by atoms with Crippen molar-refractivity contribution >= 4 is 5.91 Å². The number of hydrogen-bond donors (Lipinski definition) is 1. The summed E-state index contributed by atoms with van der Waals surface area (Å²) >= 11 is 0. The summed E-state index contributed by atoms with van der Waals surface area (Å²) in [5.74, 6) is 0.816. The van der Waals surface area contributed by atoms with Crippen LogP contribution in [0.4, 0.5) is 0 Å². The van der Waals surface area contributed by atoms with Gasteiger partial charge in [-0.1, -0.05) is 12.2 Å². The van der Waals surface area contributed by atoms with Crippen LogP contribution in [-0.4, -0.2) is 35.6 Å². The molecule has 15 heavy (non-hydrogen) atoms.